The van der Waals surface area contributed by atoms with Crippen LogP contribution in [0.25, 0.3) is 0 Å². The molecule has 27 heavy (non-hydrogen) atoms. The summed E-state index contributed by atoms with van der Waals surface area (Å²) >= 11 is 0. The van der Waals surface area contributed by atoms with Crippen molar-refractivity contribution in [2.45, 2.75) is 56.8 Å². The lowest BCUT2D eigenvalue weighted by Crippen LogP contribution is -2.46. The van der Waals surface area contributed by atoms with E-state index >= 15 is 0 Å². The van der Waals surface area contributed by atoms with Crippen molar-refractivity contribution in [1.82, 2.24) is 15.0 Å². The maximum Gasteiger partial charge on any atom is 0.254 e. The molecule has 3 aliphatic rings. The van der Waals surface area contributed by atoms with Crippen LogP contribution in [-0.4, -0.2) is 35.2 Å². The molecule has 3 heterocycles. The first-order chi connectivity index (χ1) is 13.1. The van der Waals surface area contributed by atoms with Gasteiger partial charge in [0.25, 0.3) is 5.56 Å². The second kappa shape index (κ2) is 6.08. The third kappa shape index (κ3) is 2.73. The second-order valence-corrected chi connectivity index (χ2v) is 8.34. The zero-order chi connectivity index (χ0) is 18.6. The van der Waals surface area contributed by atoms with E-state index in [1.165, 1.54) is 0 Å². The number of pyridine rings is 1. The van der Waals surface area contributed by atoms with Gasteiger partial charge in [-0.05, 0) is 57.6 Å². The molecule has 1 atom stereocenters. The number of nitrogens with one attached hydrogen (secondary N) is 1. The summed E-state index contributed by atoms with van der Waals surface area (Å²) in [5.41, 5.74) is 3.00. The van der Waals surface area contributed by atoms with Gasteiger partial charge in [-0.1, -0.05) is 0 Å². The number of anilines is 1. The molecule has 1 spiro atoms. The van der Waals surface area contributed by atoms with E-state index in [4.69, 9.17) is 14.7 Å². The van der Waals surface area contributed by atoms with E-state index in [-0.39, 0.29) is 11.0 Å². The molecule has 1 saturated carbocycles. The topological polar surface area (TPSA) is 71.1 Å². The maximum absolute atomic E-state index is 12.6. The molecule has 1 N–H and O–H groups in total. The molecule has 6 nitrogen and oxygen atoms in total. The third-order valence-corrected chi connectivity index (χ3v) is 6.43. The van der Waals surface area contributed by atoms with Gasteiger partial charge in [-0.25, -0.2) is 9.97 Å². The standard InChI is InChI=1S/C21H26N4O2/c1-13-4-7-16(27-2)19(22-13)25-11-3-9-21(12-25)10-8-15-17(21)23-18(14-5-6-14)24-20(15)26/h4,7,14H,3,5-6,8-12H2,1-2H3,(H,23,24,26). The molecular weight excluding hydrogens is 340 g/mol. The highest BCUT2D eigenvalue weighted by atomic mass is 16.5. The molecule has 1 unspecified atom stereocenters. The number of rotatable bonds is 3. The molecule has 142 valence electrons. The van der Waals surface area contributed by atoms with Crippen LogP contribution in [0.15, 0.2) is 16.9 Å². The van der Waals surface area contributed by atoms with Gasteiger partial charge in [-0.15, -0.1) is 0 Å². The van der Waals surface area contributed by atoms with Crippen LogP contribution >= 0.6 is 0 Å². The minimum absolute atomic E-state index is 0.0398. The predicted octanol–water partition coefficient (Wildman–Crippen LogP) is 2.84. The highest BCUT2D eigenvalue weighted by Gasteiger charge is 2.46. The first kappa shape index (κ1) is 16.8. The Balaban J connectivity index is 1.54. The Morgan fingerprint density at radius 3 is 2.89 bits per heavy atom. The maximum atomic E-state index is 12.6. The van der Waals surface area contributed by atoms with Crippen LogP contribution in [0.1, 0.15) is 60.8 Å². The molecule has 0 radical (unpaired) electrons. The van der Waals surface area contributed by atoms with Crippen LogP contribution in [0.2, 0.25) is 0 Å². The molecular formula is C21H26N4O2. The summed E-state index contributed by atoms with van der Waals surface area (Å²) in [7, 11) is 1.70. The number of aromatic amines is 1. The number of aromatic nitrogens is 3. The number of fused-ring (bicyclic) bond motifs is 2. The SMILES string of the molecule is COc1ccc(C)nc1N1CCCC2(CCc3c2nc(C2CC2)[nH]c3=O)C1. The smallest absolute Gasteiger partial charge is 0.254 e. The summed E-state index contributed by atoms with van der Waals surface area (Å²) in [6.07, 6.45) is 6.28. The van der Waals surface area contributed by atoms with Gasteiger partial charge in [0.05, 0.1) is 12.8 Å². The monoisotopic (exact) mass is 366 g/mol. The molecule has 2 fully saturated rings. The Hall–Kier alpha value is -2.37. The predicted molar refractivity (Wildman–Crippen MR) is 104 cm³/mol. The van der Waals surface area contributed by atoms with Crippen molar-refractivity contribution in [1.29, 1.82) is 0 Å². The molecule has 2 aromatic rings. The van der Waals surface area contributed by atoms with Gasteiger partial charge in [-0.3, -0.25) is 4.79 Å². The molecule has 5 rings (SSSR count). The van der Waals surface area contributed by atoms with Crippen LogP contribution in [0.4, 0.5) is 5.82 Å². The average Bonchev–Trinajstić information content (AvgIpc) is 3.47. The Labute approximate surface area is 159 Å². The molecule has 1 aliphatic heterocycles. The van der Waals surface area contributed by atoms with Crippen LogP contribution < -0.4 is 15.2 Å². The minimum atomic E-state index is -0.0398. The van der Waals surface area contributed by atoms with E-state index in [9.17, 15) is 4.79 Å². The fourth-order valence-electron chi connectivity index (χ4n) is 4.84. The van der Waals surface area contributed by atoms with Gasteiger partial charge >= 0.3 is 0 Å². The van der Waals surface area contributed by atoms with E-state index in [1.807, 2.05) is 19.1 Å². The van der Waals surface area contributed by atoms with E-state index < -0.39 is 0 Å². The van der Waals surface area contributed by atoms with Crippen molar-refractivity contribution in [3.05, 3.63) is 45.3 Å². The molecule has 0 amide bonds. The van der Waals surface area contributed by atoms with Crippen LogP contribution in [0.5, 0.6) is 5.75 Å². The number of hydrogen-bond donors (Lipinski definition) is 1. The largest absolute Gasteiger partial charge is 0.493 e. The van der Waals surface area contributed by atoms with E-state index in [2.05, 4.69) is 9.88 Å². The molecule has 1 saturated heterocycles. The van der Waals surface area contributed by atoms with E-state index in [1.54, 1.807) is 7.11 Å². The van der Waals surface area contributed by atoms with Crippen LogP contribution in [-0.2, 0) is 11.8 Å². The fraction of sp³-hybridized carbons (Fsp3) is 0.571. The van der Waals surface area contributed by atoms with Crippen LogP contribution in [0.3, 0.4) is 0 Å². The lowest BCUT2D eigenvalue weighted by atomic mass is 9.77. The highest BCUT2D eigenvalue weighted by Crippen LogP contribution is 2.46. The zero-order valence-electron chi connectivity index (χ0n) is 16.0. The van der Waals surface area contributed by atoms with E-state index in [0.29, 0.717) is 5.92 Å². The Morgan fingerprint density at radius 2 is 2.11 bits per heavy atom. The van der Waals surface area contributed by atoms with Gasteiger partial charge in [-0.2, -0.15) is 0 Å². The molecule has 0 bridgehead atoms. The quantitative estimate of drug-likeness (QED) is 0.904. The molecule has 2 aliphatic carbocycles. The number of aryl methyl sites for hydroxylation is 1. The van der Waals surface area contributed by atoms with Crippen molar-refractivity contribution in [3.63, 3.8) is 0 Å². The fourth-order valence-corrected chi connectivity index (χ4v) is 4.84. The van der Waals surface area contributed by atoms with Gasteiger partial charge in [0.1, 0.15) is 5.82 Å². The number of methoxy groups -OCH3 is 1. The van der Waals surface area contributed by atoms with Gasteiger partial charge in [0.15, 0.2) is 11.6 Å². The lowest BCUT2D eigenvalue weighted by Gasteiger charge is -2.41. The zero-order valence-corrected chi connectivity index (χ0v) is 16.0. The first-order valence-electron chi connectivity index (χ1n) is 10.00. The van der Waals surface area contributed by atoms with Crippen molar-refractivity contribution >= 4 is 5.82 Å². The lowest BCUT2D eigenvalue weighted by molar-refractivity contribution is 0.329. The Morgan fingerprint density at radius 1 is 1.26 bits per heavy atom. The van der Waals surface area contributed by atoms with Crippen molar-refractivity contribution in [2.75, 3.05) is 25.1 Å². The highest BCUT2D eigenvalue weighted by molar-refractivity contribution is 5.54. The summed E-state index contributed by atoms with van der Waals surface area (Å²) in [4.78, 5) is 27.8. The van der Waals surface area contributed by atoms with Crippen molar-refractivity contribution in [3.8, 4) is 5.75 Å². The Kier molecular flexibility index (Phi) is 3.78. The van der Waals surface area contributed by atoms with Gasteiger partial charge < -0.3 is 14.6 Å². The first-order valence-corrected chi connectivity index (χ1v) is 10.00. The normalized spacial score (nSPS) is 24.3. The summed E-state index contributed by atoms with van der Waals surface area (Å²) in [6, 6.07) is 3.98. The third-order valence-electron chi connectivity index (χ3n) is 6.43. The molecule has 6 heteroatoms. The number of ether oxygens (including phenoxy) is 1. The van der Waals surface area contributed by atoms with Gasteiger partial charge in [0, 0.05) is 35.7 Å². The van der Waals surface area contributed by atoms with Gasteiger partial charge in [0.2, 0.25) is 0 Å². The summed E-state index contributed by atoms with van der Waals surface area (Å²) in [5, 5.41) is 0. The summed E-state index contributed by atoms with van der Waals surface area (Å²) in [6.45, 7) is 3.83. The summed E-state index contributed by atoms with van der Waals surface area (Å²) in [5.74, 6) is 3.09. The number of piperidine rings is 1. The number of H-pyrrole nitrogens is 1. The average molecular weight is 366 g/mol. The van der Waals surface area contributed by atoms with Crippen molar-refractivity contribution < 1.29 is 4.74 Å². The van der Waals surface area contributed by atoms with E-state index in [0.717, 1.165) is 86.0 Å². The molecule has 2 aromatic heterocycles. The summed E-state index contributed by atoms with van der Waals surface area (Å²) < 4.78 is 5.58. The second-order valence-electron chi connectivity index (χ2n) is 8.34. The molecule has 0 aromatic carbocycles. The Bertz CT molecular complexity index is 950. The van der Waals surface area contributed by atoms with Crippen LogP contribution in [0, 0.1) is 6.92 Å². The number of hydrogen-bond acceptors (Lipinski definition) is 5. The number of nitrogens with zero attached hydrogens (tertiary/aromatic N) is 3. The van der Waals surface area contributed by atoms with Crippen molar-refractivity contribution in [2.24, 2.45) is 0 Å². The minimum Gasteiger partial charge on any atom is -0.493 e.